The highest BCUT2D eigenvalue weighted by Gasteiger charge is 2.53. The van der Waals surface area contributed by atoms with Gasteiger partial charge in [-0.3, -0.25) is 24.0 Å². The Morgan fingerprint density at radius 2 is 1.57 bits per heavy atom. The van der Waals surface area contributed by atoms with Crippen LogP contribution in [0.15, 0.2) is 47.6 Å². The van der Waals surface area contributed by atoms with Crippen molar-refractivity contribution in [3.05, 3.63) is 47.6 Å². The van der Waals surface area contributed by atoms with Crippen LogP contribution in [0.25, 0.3) is 0 Å². The van der Waals surface area contributed by atoms with Gasteiger partial charge >= 0.3 is 11.9 Å². The van der Waals surface area contributed by atoms with Crippen LogP contribution in [0.4, 0.5) is 0 Å². The number of aliphatic hydroxyl groups is 4. The number of hydrogen-bond acceptors (Lipinski definition) is 16. The number of amides is 1. The van der Waals surface area contributed by atoms with Crippen LogP contribution < -0.4 is 0 Å². The number of allylic oxidation sites excluding steroid dienone is 6. The van der Waals surface area contributed by atoms with E-state index < -0.39 is 120 Å². The Hall–Kier alpha value is -3.94. The highest BCUT2D eigenvalue weighted by atomic mass is 16.6. The van der Waals surface area contributed by atoms with Crippen molar-refractivity contribution in [1.82, 2.24) is 4.90 Å². The summed E-state index contributed by atoms with van der Waals surface area (Å²) in [6, 6.07) is -1.20. The molecule has 15 atom stereocenters. The van der Waals surface area contributed by atoms with E-state index in [4.69, 9.17) is 28.4 Å². The van der Waals surface area contributed by atoms with Gasteiger partial charge in [0.15, 0.2) is 5.78 Å². The molecule has 17 nitrogen and oxygen atoms in total. The van der Waals surface area contributed by atoms with Gasteiger partial charge in [0.2, 0.25) is 5.79 Å². The standard InChI is InChI=1S/C57H89NO16/c1-34-17-13-12-14-18-35(2)46(69-9)29-42-22-20-40(7)57(68,74-42)53(65)54(66)58-24-16-15-19-43(58)55(67)73-47(30-44(61)36(3)26-39(6)51(64)52(71-11)50(63)38(5)25-34)37(4)27-41-21-23-45(48(28-41)70-10)72-49(62)31-56(8,32-59)33-60/h12-14,17-18,26,34,36-38,40-43,45-48,51-52,59-60,64,68H,15-16,19-25,27-33H2,1-11H3/b14-12?,17-13+,35-18?,39-26+/t34-,36-,37-,38-,40-,41+,42+,43+,45-,46+,47+,48-,51-,52+,57-/m1/s1. The molecule has 4 rings (SSSR count). The number of piperidine rings is 1. The number of fused-ring (bicyclic) bond motifs is 3. The minimum atomic E-state index is -2.47. The molecule has 0 aromatic rings. The van der Waals surface area contributed by atoms with Gasteiger partial charge in [0, 0.05) is 63.9 Å². The van der Waals surface area contributed by atoms with Crippen LogP contribution >= 0.6 is 0 Å². The van der Waals surface area contributed by atoms with Crippen molar-refractivity contribution in [2.75, 3.05) is 41.1 Å². The van der Waals surface area contributed by atoms with Crippen LogP contribution in [0.1, 0.15) is 139 Å². The predicted octanol–water partition coefficient (Wildman–Crippen LogP) is 6.11. The van der Waals surface area contributed by atoms with Crippen molar-refractivity contribution in [3.63, 3.8) is 0 Å². The summed E-state index contributed by atoms with van der Waals surface area (Å²) in [6.07, 6.45) is 9.87. The molecule has 0 aromatic heterocycles. The van der Waals surface area contributed by atoms with E-state index in [2.05, 4.69) is 0 Å². The fraction of sp³-hybridized carbons (Fsp3) is 0.754. The second-order valence-electron chi connectivity index (χ2n) is 22.4. The molecule has 4 aliphatic rings. The topological polar surface area (TPSA) is 242 Å². The molecule has 3 fully saturated rings. The van der Waals surface area contributed by atoms with Crippen molar-refractivity contribution in [1.29, 1.82) is 0 Å². The number of hydrogen-bond donors (Lipinski definition) is 4. The van der Waals surface area contributed by atoms with Crippen molar-refractivity contribution in [2.45, 2.75) is 193 Å². The Morgan fingerprint density at radius 3 is 2.22 bits per heavy atom. The van der Waals surface area contributed by atoms with Crippen molar-refractivity contribution < 1.29 is 77.6 Å². The van der Waals surface area contributed by atoms with E-state index in [0.717, 1.165) is 5.57 Å². The zero-order chi connectivity index (χ0) is 55.1. The highest BCUT2D eigenvalue weighted by molar-refractivity contribution is 6.39. The molecule has 17 heteroatoms. The Morgan fingerprint density at radius 1 is 0.865 bits per heavy atom. The van der Waals surface area contributed by atoms with Crippen LogP contribution in [0.5, 0.6) is 0 Å². The fourth-order valence-electron chi connectivity index (χ4n) is 11.0. The molecule has 0 unspecified atom stereocenters. The molecule has 418 valence electrons. The molecule has 74 heavy (non-hydrogen) atoms. The number of cyclic esters (lactones) is 1. The molecule has 2 bridgehead atoms. The second-order valence-corrected chi connectivity index (χ2v) is 22.4. The number of nitrogens with zero attached hydrogens (tertiary/aromatic N) is 1. The van der Waals surface area contributed by atoms with Gasteiger partial charge in [0.25, 0.3) is 11.7 Å². The molecule has 0 radical (unpaired) electrons. The normalized spacial score (nSPS) is 36.0. The largest absolute Gasteiger partial charge is 0.460 e. The average molecular weight is 1040 g/mol. The van der Waals surface area contributed by atoms with Gasteiger partial charge in [-0.05, 0) is 107 Å². The summed E-state index contributed by atoms with van der Waals surface area (Å²) in [5, 5.41) is 43.0. The highest BCUT2D eigenvalue weighted by Crippen LogP contribution is 2.38. The van der Waals surface area contributed by atoms with Gasteiger partial charge in [0.1, 0.15) is 36.2 Å². The molecular weight excluding hydrogens is 955 g/mol. The zero-order valence-electron chi connectivity index (χ0n) is 46.0. The van der Waals surface area contributed by atoms with Crippen LogP contribution in [-0.2, 0) is 57.2 Å². The molecule has 1 amide bonds. The van der Waals surface area contributed by atoms with Gasteiger partial charge in [0.05, 0.1) is 37.9 Å². The minimum absolute atomic E-state index is 0.00575. The van der Waals surface area contributed by atoms with Crippen LogP contribution in [-0.4, -0.2) is 156 Å². The Kier molecular flexibility index (Phi) is 24.5. The third kappa shape index (κ3) is 16.8. The lowest BCUT2D eigenvalue weighted by Crippen LogP contribution is -2.61. The number of carbonyl (C=O) groups is 6. The van der Waals surface area contributed by atoms with Crippen LogP contribution in [0.2, 0.25) is 0 Å². The molecule has 0 spiro atoms. The number of aliphatic hydroxyl groups excluding tert-OH is 3. The third-order valence-electron chi connectivity index (χ3n) is 16.1. The van der Waals surface area contributed by atoms with E-state index in [9.17, 15) is 49.2 Å². The van der Waals surface area contributed by atoms with E-state index in [0.29, 0.717) is 69.8 Å². The second kappa shape index (κ2) is 29.0. The number of ether oxygens (including phenoxy) is 6. The summed E-state index contributed by atoms with van der Waals surface area (Å²) in [5.74, 6) is -9.12. The van der Waals surface area contributed by atoms with Crippen molar-refractivity contribution in [2.24, 2.45) is 40.9 Å². The van der Waals surface area contributed by atoms with Gasteiger partial charge in [-0.25, -0.2) is 4.79 Å². The van der Waals surface area contributed by atoms with Crippen LogP contribution in [0, 0.1) is 40.9 Å². The minimum Gasteiger partial charge on any atom is -0.460 e. The molecule has 3 heterocycles. The summed E-state index contributed by atoms with van der Waals surface area (Å²) >= 11 is 0. The van der Waals surface area contributed by atoms with E-state index in [1.54, 1.807) is 47.8 Å². The molecule has 2 saturated heterocycles. The Bertz CT molecular complexity index is 2030. The molecule has 4 N–H and O–H groups in total. The number of carbonyl (C=O) groups excluding carboxylic acids is 6. The Balaban J connectivity index is 1.68. The number of rotatable bonds is 11. The first-order valence-electron chi connectivity index (χ1n) is 26.9. The molecular formula is C57H89NO16. The lowest BCUT2D eigenvalue weighted by molar-refractivity contribution is -0.265. The summed E-state index contributed by atoms with van der Waals surface area (Å²) in [6.45, 7) is 13.4. The first kappa shape index (κ1) is 62.6. The third-order valence-corrected chi connectivity index (χ3v) is 16.1. The van der Waals surface area contributed by atoms with Gasteiger partial charge in [-0.1, -0.05) is 78.0 Å². The number of ketones is 3. The van der Waals surface area contributed by atoms with Gasteiger partial charge < -0.3 is 53.7 Å². The van der Waals surface area contributed by atoms with Gasteiger partial charge in [-0.15, -0.1) is 0 Å². The average Bonchev–Trinajstić information content (AvgIpc) is 3.37. The molecule has 1 saturated carbocycles. The maximum atomic E-state index is 14.6. The number of Topliss-reactive ketones (excluding diaryl/α,β-unsaturated/α-hetero) is 3. The summed E-state index contributed by atoms with van der Waals surface area (Å²) in [7, 11) is 4.46. The maximum Gasteiger partial charge on any atom is 0.329 e. The van der Waals surface area contributed by atoms with E-state index >= 15 is 0 Å². The van der Waals surface area contributed by atoms with Crippen molar-refractivity contribution >= 4 is 35.2 Å². The zero-order valence-corrected chi connectivity index (χ0v) is 46.0. The maximum absolute atomic E-state index is 14.6. The lowest BCUT2D eigenvalue weighted by atomic mass is 9.78. The smallest absolute Gasteiger partial charge is 0.329 e. The predicted molar refractivity (Wildman–Crippen MR) is 276 cm³/mol. The Labute approximate surface area is 439 Å². The monoisotopic (exact) mass is 1040 g/mol. The first-order chi connectivity index (χ1) is 34.9. The van der Waals surface area contributed by atoms with Crippen molar-refractivity contribution in [3.8, 4) is 0 Å². The fourth-order valence-corrected chi connectivity index (χ4v) is 11.0. The molecule has 0 aromatic carbocycles. The van der Waals surface area contributed by atoms with E-state index in [-0.39, 0.29) is 49.2 Å². The molecule has 1 aliphatic carbocycles. The summed E-state index contributed by atoms with van der Waals surface area (Å²) in [5.41, 5.74) is 0.175. The van der Waals surface area contributed by atoms with E-state index in [1.165, 1.54) is 19.1 Å². The first-order valence-corrected chi connectivity index (χ1v) is 26.9. The lowest BCUT2D eigenvalue weighted by Gasteiger charge is -2.42. The van der Waals surface area contributed by atoms with Crippen LogP contribution in [0.3, 0.4) is 0 Å². The van der Waals surface area contributed by atoms with Gasteiger partial charge in [-0.2, -0.15) is 0 Å². The molecule has 3 aliphatic heterocycles. The summed E-state index contributed by atoms with van der Waals surface area (Å²) < 4.78 is 35.5. The van der Waals surface area contributed by atoms with E-state index in [1.807, 2.05) is 51.2 Å². The summed E-state index contributed by atoms with van der Waals surface area (Å²) in [4.78, 5) is 85.4. The number of esters is 2. The number of methoxy groups -OCH3 is 3. The SMILES string of the molecule is CO[C@H]1C[C@@H]2CC[C@@H](C)[C@@](O)(O2)C(=O)C(=O)N2CCCC[C@H]2C(=O)O[C@H]([C@H](C)C[C@@H]2CC[C@@H](OC(=O)CC(C)(CO)CO)[C@H](OC)C2)CC(=O)[C@H](C)/C=C(\C)[C@@H](O)[C@@H](OC)C(=O)[C@H](C)C[C@H](C)/C=C/C=CC=C1C. The quantitative estimate of drug-likeness (QED) is 0.104.